The van der Waals surface area contributed by atoms with Crippen LogP contribution in [0.5, 0.6) is 0 Å². The molecule has 0 aromatic heterocycles. The molecule has 0 aliphatic carbocycles. The summed E-state index contributed by atoms with van der Waals surface area (Å²) in [5.74, 6) is 0.357. The third-order valence-corrected chi connectivity index (χ3v) is 9.96. The van der Waals surface area contributed by atoms with E-state index < -0.39 is 0 Å². The summed E-state index contributed by atoms with van der Waals surface area (Å²) >= 11 is 0. The van der Waals surface area contributed by atoms with Crippen molar-refractivity contribution in [2.45, 2.75) is 25.7 Å². The number of fused-ring (bicyclic) bond motifs is 1. The number of hydrogen-bond acceptors (Lipinski definition) is 1. The third kappa shape index (κ3) is 6.84. The van der Waals surface area contributed by atoms with E-state index >= 15 is 0 Å². The topological polar surface area (TPSA) is 3.24 Å². The average Bonchev–Trinajstić information content (AvgIpc) is 3.21. The van der Waals surface area contributed by atoms with E-state index in [1.807, 2.05) is 0 Å². The van der Waals surface area contributed by atoms with Gasteiger partial charge >= 0.3 is 0 Å². The van der Waals surface area contributed by atoms with Gasteiger partial charge in [-0.05, 0) is 86.6 Å². The van der Waals surface area contributed by atoms with Crippen LogP contribution in [0.4, 0.5) is 17.1 Å². The molecule has 0 aliphatic heterocycles. The Morgan fingerprint density at radius 2 is 0.922 bits per heavy atom. The zero-order valence-electron chi connectivity index (χ0n) is 29.0. The molecule has 0 aliphatic rings. The summed E-state index contributed by atoms with van der Waals surface area (Å²) in [5, 5.41) is 2.45. The number of nitrogens with zero attached hydrogens (tertiary/aromatic N) is 1. The van der Waals surface area contributed by atoms with Crippen molar-refractivity contribution in [1.29, 1.82) is 0 Å². The summed E-state index contributed by atoms with van der Waals surface area (Å²) in [4.78, 5) is 2.39. The van der Waals surface area contributed by atoms with Crippen LogP contribution in [0.3, 0.4) is 0 Å². The highest BCUT2D eigenvalue weighted by molar-refractivity contribution is 5.99. The van der Waals surface area contributed by atoms with E-state index in [4.69, 9.17) is 0 Å². The summed E-state index contributed by atoms with van der Waals surface area (Å²) in [7, 11) is 0. The molecule has 1 unspecified atom stereocenters. The largest absolute Gasteiger partial charge is 0.310 e. The zero-order chi connectivity index (χ0) is 34.4. The molecule has 8 rings (SSSR count). The molecule has 1 nitrogen and oxygen atoms in total. The van der Waals surface area contributed by atoms with Crippen molar-refractivity contribution in [1.82, 2.24) is 0 Å². The zero-order valence-corrected chi connectivity index (χ0v) is 29.0. The number of rotatable bonds is 10. The van der Waals surface area contributed by atoms with Crippen molar-refractivity contribution in [3.63, 3.8) is 0 Å². The highest BCUT2D eigenvalue weighted by Gasteiger charge is 2.17. The predicted molar refractivity (Wildman–Crippen MR) is 218 cm³/mol. The molecule has 0 bridgehead atoms. The molecule has 0 saturated heterocycles. The average molecular weight is 656 g/mol. The quantitative estimate of drug-likeness (QED) is 0.142. The first kappa shape index (κ1) is 32.0. The molecule has 8 aromatic rings. The second-order valence-electron chi connectivity index (χ2n) is 13.3. The maximum Gasteiger partial charge on any atom is 0.0540 e. The summed E-state index contributed by atoms with van der Waals surface area (Å²) in [6.07, 6.45) is 2.24. The van der Waals surface area contributed by atoms with Crippen LogP contribution in [-0.4, -0.2) is 0 Å². The van der Waals surface area contributed by atoms with Gasteiger partial charge < -0.3 is 4.90 Å². The molecule has 51 heavy (non-hydrogen) atoms. The van der Waals surface area contributed by atoms with E-state index in [0.29, 0.717) is 5.92 Å². The second kappa shape index (κ2) is 14.7. The fourth-order valence-electron chi connectivity index (χ4n) is 7.38. The minimum Gasteiger partial charge on any atom is -0.310 e. The van der Waals surface area contributed by atoms with Gasteiger partial charge in [-0.15, -0.1) is 0 Å². The van der Waals surface area contributed by atoms with Crippen LogP contribution in [0.1, 0.15) is 36.8 Å². The summed E-state index contributed by atoms with van der Waals surface area (Å²) in [5.41, 5.74) is 13.5. The van der Waals surface area contributed by atoms with Crippen LogP contribution in [0.25, 0.3) is 44.2 Å². The van der Waals surface area contributed by atoms with Gasteiger partial charge in [-0.1, -0.05) is 183 Å². The molecule has 0 N–H and O–H groups in total. The van der Waals surface area contributed by atoms with Crippen molar-refractivity contribution in [2.24, 2.45) is 0 Å². The Bertz CT molecular complexity index is 2350. The van der Waals surface area contributed by atoms with Crippen LogP contribution in [0.2, 0.25) is 0 Å². The van der Waals surface area contributed by atoms with Gasteiger partial charge in [0, 0.05) is 22.7 Å². The van der Waals surface area contributed by atoms with Crippen molar-refractivity contribution in [3.8, 4) is 33.4 Å². The van der Waals surface area contributed by atoms with Gasteiger partial charge in [-0.3, -0.25) is 0 Å². The van der Waals surface area contributed by atoms with Crippen LogP contribution in [0.15, 0.2) is 200 Å². The first-order chi connectivity index (χ1) is 25.2. The smallest absolute Gasteiger partial charge is 0.0540 e. The molecular weight excluding hydrogens is 615 g/mol. The number of benzene rings is 8. The molecule has 0 heterocycles. The minimum atomic E-state index is 0.357. The van der Waals surface area contributed by atoms with E-state index in [1.165, 1.54) is 55.3 Å². The third-order valence-electron chi connectivity index (χ3n) is 9.96. The lowest BCUT2D eigenvalue weighted by atomic mass is 9.85. The normalized spacial score (nSPS) is 11.7. The van der Waals surface area contributed by atoms with Gasteiger partial charge in [0.15, 0.2) is 0 Å². The molecule has 1 heteroatoms. The molecule has 1 atom stereocenters. The van der Waals surface area contributed by atoms with E-state index in [1.54, 1.807) is 0 Å². The van der Waals surface area contributed by atoms with E-state index in [9.17, 15) is 0 Å². The first-order valence-electron chi connectivity index (χ1n) is 18.0. The van der Waals surface area contributed by atoms with Gasteiger partial charge in [-0.2, -0.15) is 0 Å². The summed E-state index contributed by atoms with van der Waals surface area (Å²) < 4.78 is 0. The maximum absolute atomic E-state index is 2.39. The van der Waals surface area contributed by atoms with Crippen molar-refractivity contribution < 1.29 is 0 Å². The fraction of sp³-hybridized carbons (Fsp3) is 0.0800. The Kier molecular flexibility index (Phi) is 9.27. The Hall–Kier alpha value is -6.18. The molecule has 0 fully saturated rings. The molecule has 0 saturated carbocycles. The molecule has 0 radical (unpaired) electrons. The van der Waals surface area contributed by atoms with E-state index in [0.717, 1.165) is 29.9 Å². The molecular formula is C50H41N. The Balaban J connectivity index is 1.12. The highest BCUT2D eigenvalue weighted by Crippen LogP contribution is 2.41. The van der Waals surface area contributed by atoms with Gasteiger partial charge in [0.2, 0.25) is 0 Å². The van der Waals surface area contributed by atoms with Gasteiger partial charge in [0.25, 0.3) is 0 Å². The highest BCUT2D eigenvalue weighted by atomic mass is 15.1. The van der Waals surface area contributed by atoms with Crippen LogP contribution < -0.4 is 4.90 Å². The van der Waals surface area contributed by atoms with Gasteiger partial charge in [0.1, 0.15) is 0 Å². The van der Waals surface area contributed by atoms with Crippen molar-refractivity contribution >= 4 is 27.8 Å². The Labute approximate surface area is 302 Å². The summed E-state index contributed by atoms with van der Waals surface area (Å²) in [6, 6.07) is 72.8. The second-order valence-corrected chi connectivity index (χ2v) is 13.3. The molecule has 0 amide bonds. The SMILES string of the molecule is CCCC(c1ccc(-c2ccc(N(c3cccc(-c4ccccc4)c3)c3cccc4ccccc34)cc2)cc1)c1cccc(-c2ccccc2)c1. The molecule has 0 spiro atoms. The lowest BCUT2D eigenvalue weighted by Gasteiger charge is -2.27. The van der Waals surface area contributed by atoms with Crippen LogP contribution in [0, 0.1) is 0 Å². The number of anilines is 3. The van der Waals surface area contributed by atoms with Crippen LogP contribution >= 0.6 is 0 Å². The fourth-order valence-corrected chi connectivity index (χ4v) is 7.38. The first-order valence-corrected chi connectivity index (χ1v) is 18.0. The lowest BCUT2D eigenvalue weighted by Crippen LogP contribution is -2.10. The molecule has 8 aromatic carbocycles. The Morgan fingerprint density at radius 1 is 0.392 bits per heavy atom. The molecule has 246 valence electrons. The van der Waals surface area contributed by atoms with Gasteiger partial charge in [0.05, 0.1) is 5.69 Å². The summed E-state index contributed by atoms with van der Waals surface area (Å²) in [6.45, 7) is 2.28. The van der Waals surface area contributed by atoms with Crippen LogP contribution in [-0.2, 0) is 0 Å². The Morgan fingerprint density at radius 3 is 1.61 bits per heavy atom. The maximum atomic E-state index is 2.39. The minimum absolute atomic E-state index is 0.357. The lowest BCUT2D eigenvalue weighted by molar-refractivity contribution is 0.698. The monoisotopic (exact) mass is 655 g/mol. The standard InChI is InChI=1S/C50H41N/c1-2-14-48(45-23-11-21-43(35-45)37-15-5-3-6-16-37)42-29-27-39(28-30-42)40-31-33-46(34-32-40)51(50-26-13-20-41-19-9-10-25-49(41)50)47-24-12-22-44(36-47)38-17-7-4-8-18-38/h3-13,15-36,48H,2,14H2,1H3. The predicted octanol–water partition coefficient (Wildman–Crippen LogP) is 14.2. The van der Waals surface area contributed by atoms with Crippen molar-refractivity contribution in [2.75, 3.05) is 4.90 Å². The van der Waals surface area contributed by atoms with Crippen molar-refractivity contribution in [3.05, 3.63) is 211 Å². The van der Waals surface area contributed by atoms with E-state index in [-0.39, 0.29) is 0 Å². The number of hydrogen-bond donors (Lipinski definition) is 0. The van der Waals surface area contributed by atoms with E-state index in [2.05, 4.69) is 212 Å². The van der Waals surface area contributed by atoms with Gasteiger partial charge in [-0.25, -0.2) is 0 Å².